The number of benzene rings is 12. The number of hydrogen-bond acceptors (Lipinski definition) is 21. The lowest BCUT2D eigenvalue weighted by Gasteiger charge is -2.13. The fraction of sp³-hybridized carbons (Fsp3) is 0.278. The summed E-state index contributed by atoms with van der Waals surface area (Å²) in [5.74, 6) is 6.30. The average Bonchev–Trinajstić information content (AvgIpc) is 1.65. The molecule has 6 heterocycles. The minimum absolute atomic E-state index is 0.0201. The molecule has 0 saturated heterocycles. The lowest BCUT2D eigenvalue weighted by Crippen LogP contribution is -2.01. The SMILES string of the molecule is CC(=O)CCl.CC(=O)CCl.CC(=O)CCl.CC(=O)CSc1nnc(Br)n1-c1ccc(C2CC2)c2ccccc12.CC(=O)CSc1nnc(Br)n1-c1ccc(C2CC2)c2ccccc12.CC(=O)CSc1nnc(Br)n1-c1ccc(C2CC2)c2ccccc12.S=c1[nH]nc(Br)n1-c1ccc(C2CC2)c2ccccc12.S=c1[nH]nc(Br)n1-c1ccc(C2CC2)c2ccccc12.S=c1[nH]nc(Br)n1-c1ccc(C2CC2)c2ccccc12. The molecule has 6 aromatic heterocycles. The average molecular weight is 2520 g/mol. The Morgan fingerprint density at radius 3 is 0.565 bits per heavy atom. The largest absolute Gasteiger partial charge is 0.299 e. The number of halogens is 9. The van der Waals surface area contributed by atoms with Gasteiger partial charge in [-0.05, 0) is 388 Å². The van der Waals surface area contributed by atoms with E-state index in [0.717, 1.165) is 67.3 Å². The number of hydrogen-bond donors (Lipinski definition) is 3. The van der Waals surface area contributed by atoms with Crippen molar-refractivity contribution in [2.75, 3.05) is 34.9 Å². The van der Waals surface area contributed by atoms with E-state index >= 15 is 0 Å². The van der Waals surface area contributed by atoms with Gasteiger partial charge >= 0.3 is 0 Å². The van der Waals surface area contributed by atoms with Crippen LogP contribution in [0.5, 0.6) is 0 Å². The second kappa shape index (κ2) is 51.1. The van der Waals surface area contributed by atoms with Crippen molar-refractivity contribution >= 4 is 302 Å². The molecule has 0 spiro atoms. The van der Waals surface area contributed by atoms with Crippen LogP contribution in [0.2, 0.25) is 0 Å². The van der Waals surface area contributed by atoms with Crippen molar-refractivity contribution in [1.29, 1.82) is 0 Å². The van der Waals surface area contributed by atoms with Gasteiger partial charge in [-0.1, -0.05) is 217 Å². The first-order valence-corrected chi connectivity index (χ1v) is 58.0. The molecule has 6 aliphatic rings. The molecule has 3 N–H and O–H groups in total. The van der Waals surface area contributed by atoms with Crippen molar-refractivity contribution in [1.82, 2.24) is 88.6 Å². The minimum Gasteiger partial charge on any atom is -0.299 e. The molecule has 6 aliphatic carbocycles. The third-order valence-electron chi connectivity index (χ3n) is 24.6. The van der Waals surface area contributed by atoms with Crippen LogP contribution in [-0.4, -0.2) is 158 Å². The highest BCUT2D eigenvalue weighted by molar-refractivity contribution is 9.11. The number of Topliss-reactive ketones (excluding diaryl/α,β-unsaturated/α-hetero) is 6. The topological polar surface area (TPSA) is 295 Å². The van der Waals surface area contributed by atoms with E-state index in [2.05, 4.69) is 375 Å². The number of H-pyrrole nitrogens is 3. The number of aromatic amines is 3. The number of nitrogens with zero attached hydrogens (tertiary/aromatic N) is 15. The van der Waals surface area contributed by atoms with Gasteiger partial charge in [0.1, 0.15) is 34.7 Å². The Labute approximate surface area is 942 Å². The molecule has 39 heteroatoms. The van der Waals surface area contributed by atoms with Crippen molar-refractivity contribution in [3.8, 4) is 34.1 Å². The summed E-state index contributed by atoms with van der Waals surface area (Å²) in [5, 5.41) is 63.2. The van der Waals surface area contributed by atoms with Crippen LogP contribution in [0.1, 0.15) is 187 Å². The highest BCUT2D eigenvalue weighted by Crippen LogP contribution is 2.51. The zero-order valence-electron chi connectivity index (χ0n) is 80.5. The minimum atomic E-state index is 0.0201. The summed E-state index contributed by atoms with van der Waals surface area (Å²) in [6.07, 6.45) is 15.5. The standard InChI is InChI=1S/3C18H16BrN3OS.3C15H12BrN3S.3C3H5ClO/c3*1-11(23)10-24-18-21-20-17(19)22(18)16-9-8-13(12-6-7-12)14-4-2-3-5-15(14)16;3*16-14-17-18-15(20)19(14)13-8-7-10(9-5-6-9)11-3-1-2-4-12(11)13;3*1-3(5)2-4/h3*2-5,8-9,12H,6-7,10H2,1H3;3*1-4,7-9H,5-6H2,(H,18,20);3*2H2,1H3. The van der Waals surface area contributed by atoms with E-state index < -0.39 is 0 Å². The fourth-order valence-corrected chi connectivity index (χ4v) is 23.4. The van der Waals surface area contributed by atoms with E-state index in [1.807, 2.05) is 27.4 Å². The molecular weight excluding hydrogens is 2420 g/mol. The molecule has 0 bridgehead atoms. The van der Waals surface area contributed by atoms with Gasteiger partial charge in [-0.15, -0.1) is 80.7 Å². The molecule has 6 fully saturated rings. The van der Waals surface area contributed by atoms with Crippen LogP contribution in [0.25, 0.3) is 98.8 Å². The Morgan fingerprint density at radius 2 is 0.422 bits per heavy atom. The molecule has 0 atom stereocenters. The summed E-state index contributed by atoms with van der Waals surface area (Å²) in [5.41, 5.74) is 15.0. The van der Waals surface area contributed by atoms with E-state index in [4.69, 9.17) is 71.5 Å². The van der Waals surface area contributed by atoms with Gasteiger partial charge in [0.05, 0.1) is 69.0 Å². The van der Waals surface area contributed by atoms with E-state index in [1.165, 1.54) is 231 Å². The predicted molar refractivity (Wildman–Crippen MR) is 622 cm³/mol. The highest BCUT2D eigenvalue weighted by Gasteiger charge is 2.33. The Hall–Kier alpha value is -9.48. The molecular formula is C108H99Br6Cl3N18O6S6. The van der Waals surface area contributed by atoms with E-state index in [1.54, 1.807) is 20.8 Å². The lowest BCUT2D eigenvalue weighted by molar-refractivity contribution is -0.115. The van der Waals surface area contributed by atoms with Gasteiger partial charge in [-0.2, -0.15) is 0 Å². The van der Waals surface area contributed by atoms with Gasteiger partial charge in [0.25, 0.3) is 0 Å². The van der Waals surface area contributed by atoms with Gasteiger partial charge < -0.3 is 0 Å². The maximum absolute atomic E-state index is 11.3. The molecule has 147 heavy (non-hydrogen) atoms. The molecule has 0 radical (unpaired) electrons. The Kier molecular flexibility index (Phi) is 38.3. The first kappa shape index (κ1) is 110. The fourth-order valence-electron chi connectivity index (χ4n) is 17.1. The molecule has 0 aliphatic heterocycles. The maximum atomic E-state index is 11.3. The number of rotatable bonds is 24. The van der Waals surface area contributed by atoms with Crippen molar-refractivity contribution in [3.05, 3.63) is 294 Å². The molecule has 18 aromatic rings. The number of carbonyl (C=O) groups excluding carboxylic acids is 6. The summed E-state index contributed by atoms with van der Waals surface area (Å²) < 4.78 is 17.6. The number of nitrogens with one attached hydrogen (secondary N) is 3. The number of fused-ring (bicyclic) bond motifs is 6. The van der Waals surface area contributed by atoms with Crippen LogP contribution in [0.4, 0.5) is 0 Å². The number of carbonyl (C=O) groups is 6. The van der Waals surface area contributed by atoms with Gasteiger partial charge in [0, 0.05) is 32.3 Å². The molecule has 24 rings (SSSR count). The number of thioether (sulfide) groups is 3. The van der Waals surface area contributed by atoms with Crippen molar-refractivity contribution in [3.63, 3.8) is 0 Å². The summed E-state index contributed by atoms with van der Waals surface area (Å²) in [4.78, 5) is 63.0. The molecule has 756 valence electrons. The van der Waals surface area contributed by atoms with Gasteiger partial charge in [0.2, 0.25) is 42.7 Å². The number of aromatic nitrogens is 18. The molecule has 0 unspecified atom stereocenters. The van der Waals surface area contributed by atoms with Crippen LogP contribution in [0, 0.1) is 14.3 Å². The van der Waals surface area contributed by atoms with E-state index in [-0.39, 0.29) is 52.3 Å². The lowest BCUT2D eigenvalue weighted by atomic mass is 9.99. The van der Waals surface area contributed by atoms with Crippen molar-refractivity contribution in [2.45, 2.75) is 170 Å². The quantitative estimate of drug-likeness (QED) is 0.0288. The van der Waals surface area contributed by atoms with Crippen LogP contribution in [0.3, 0.4) is 0 Å². The maximum Gasteiger partial charge on any atom is 0.205 e. The van der Waals surface area contributed by atoms with Gasteiger partial charge in [0.15, 0.2) is 15.5 Å². The molecule has 24 nitrogen and oxygen atoms in total. The molecule has 0 amide bonds. The Morgan fingerprint density at radius 1 is 0.259 bits per heavy atom. The van der Waals surface area contributed by atoms with E-state index in [9.17, 15) is 28.8 Å². The first-order valence-electron chi connectivity index (χ1n) is 47.5. The predicted octanol–water partition coefficient (Wildman–Crippen LogP) is 30.8. The second-order valence-electron chi connectivity index (χ2n) is 36.1. The zero-order valence-corrected chi connectivity index (χ0v) is 97.2. The second-order valence-corrected chi connectivity index (χ2v) is 45.1. The highest BCUT2D eigenvalue weighted by atomic mass is 79.9. The van der Waals surface area contributed by atoms with Gasteiger partial charge in [-0.3, -0.25) is 71.5 Å². The number of alkyl halides is 3. The van der Waals surface area contributed by atoms with Crippen LogP contribution >= 0.6 is 202 Å². The third kappa shape index (κ3) is 27.5. The molecule has 6 saturated carbocycles. The summed E-state index contributed by atoms with van der Waals surface area (Å²) in [6.45, 7) is 9.11. The van der Waals surface area contributed by atoms with E-state index in [0.29, 0.717) is 77.7 Å². The van der Waals surface area contributed by atoms with Crippen LogP contribution in [-0.2, 0) is 28.8 Å². The van der Waals surface area contributed by atoms with Gasteiger partial charge in [-0.25, -0.2) is 0 Å². The summed E-state index contributed by atoms with van der Waals surface area (Å²) in [6, 6.07) is 77.2. The van der Waals surface area contributed by atoms with Crippen molar-refractivity contribution in [2.24, 2.45) is 0 Å². The monoisotopic (exact) mass is 2510 g/mol. The zero-order chi connectivity index (χ0) is 104. The molecule has 12 aromatic carbocycles. The smallest absolute Gasteiger partial charge is 0.205 e. The normalized spacial score (nSPS) is 13.8. The van der Waals surface area contributed by atoms with Crippen molar-refractivity contribution < 1.29 is 28.8 Å². The Balaban J connectivity index is 0.000000123. The summed E-state index contributed by atoms with van der Waals surface area (Å²) in [7, 11) is 0. The summed E-state index contributed by atoms with van der Waals surface area (Å²) >= 11 is 56.0. The number of ketones is 6. The Bertz CT molecular complexity index is 7420. The van der Waals surface area contributed by atoms with Crippen LogP contribution in [0.15, 0.2) is 262 Å². The van der Waals surface area contributed by atoms with Crippen LogP contribution < -0.4 is 0 Å². The third-order valence-corrected chi connectivity index (χ3v) is 32.9. The first-order chi connectivity index (χ1) is 71.0.